The number of cyclic esters (lactones) is 1. The van der Waals surface area contributed by atoms with E-state index in [-0.39, 0.29) is 36.5 Å². The van der Waals surface area contributed by atoms with Gasteiger partial charge in [0.2, 0.25) is 5.91 Å². The quantitative estimate of drug-likeness (QED) is 0.0690. The van der Waals surface area contributed by atoms with Crippen LogP contribution in [0.1, 0.15) is 66.4 Å². The third kappa shape index (κ3) is 8.91. The highest BCUT2D eigenvalue weighted by Crippen LogP contribution is 2.38. The van der Waals surface area contributed by atoms with E-state index in [1.165, 1.54) is 15.3 Å². The Balaban J connectivity index is 1.44. The van der Waals surface area contributed by atoms with E-state index in [0.29, 0.717) is 6.42 Å². The molecule has 4 rings (SSSR count). The molecule has 0 unspecified atom stereocenters. The van der Waals surface area contributed by atoms with Crippen molar-refractivity contribution in [1.82, 2.24) is 4.90 Å². The molecular weight excluding hydrogens is 619 g/mol. The Morgan fingerprint density at radius 2 is 1.52 bits per heavy atom. The van der Waals surface area contributed by atoms with Crippen molar-refractivity contribution in [3.05, 3.63) is 108 Å². The van der Waals surface area contributed by atoms with Gasteiger partial charge in [-0.15, -0.1) is 0 Å². The first-order valence-corrected chi connectivity index (χ1v) is 19.0. The van der Waals surface area contributed by atoms with E-state index >= 15 is 0 Å². The van der Waals surface area contributed by atoms with Crippen LogP contribution < -0.4 is 10.4 Å². The zero-order valence-electron chi connectivity index (χ0n) is 29.7. The second-order valence-corrected chi connectivity index (χ2v) is 18.1. The smallest absolute Gasteiger partial charge is 0.416 e. The summed E-state index contributed by atoms with van der Waals surface area (Å²) in [5.41, 5.74) is 1.98. The minimum atomic E-state index is -2.63. The van der Waals surface area contributed by atoms with Crippen LogP contribution in [-0.4, -0.2) is 64.0 Å². The average molecular weight is 672 g/mol. The fraction of sp³-hybridized carbons (Fsp3) is 0.450. The molecule has 0 aliphatic carbocycles. The zero-order chi connectivity index (χ0) is 34.7. The molecule has 0 spiro atoms. The van der Waals surface area contributed by atoms with Gasteiger partial charge in [-0.2, -0.15) is 0 Å². The molecule has 0 bridgehead atoms. The van der Waals surface area contributed by atoms with Crippen molar-refractivity contribution >= 4 is 30.7 Å². The third-order valence-electron chi connectivity index (χ3n) is 9.25. The number of imide groups is 1. The number of nitrogens with zero attached hydrogens (tertiary/aromatic N) is 1. The number of allylic oxidation sites excluding steroid dienone is 1. The van der Waals surface area contributed by atoms with E-state index in [0.717, 1.165) is 30.4 Å². The van der Waals surface area contributed by atoms with Crippen molar-refractivity contribution in [2.75, 3.05) is 20.5 Å². The van der Waals surface area contributed by atoms with Gasteiger partial charge in [-0.3, -0.25) is 4.79 Å². The van der Waals surface area contributed by atoms with E-state index in [4.69, 9.17) is 18.6 Å². The minimum Gasteiger partial charge on any atom is -0.447 e. The first-order valence-electron chi connectivity index (χ1n) is 17.1. The molecule has 1 saturated heterocycles. The number of benzene rings is 3. The normalized spacial score (nSPS) is 17.6. The first-order chi connectivity index (χ1) is 23.0. The van der Waals surface area contributed by atoms with Gasteiger partial charge in [-0.1, -0.05) is 125 Å². The second kappa shape index (κ2) is 17.2. The van der Waals surface area contributed by atoms with Gasteiger partial charge < -0.3 is 18.6 Å². The minimum absolute atomic E-state index is 0.0359. The molecule has 3 aromatic rings. The van der Waals surface area contributed by atoms with E-state index in [1.807, 2.05) is 44.2 Å². The van der Waals surface area contributed by atoms with E-state index < -0.39 is 26.4 Å². The van der Waals surface area contributed by atoms with Crippen molar-refractivity contribution in [2.24, 2.45) is 5.92 Å². The van der Waals surface area contributed by atoms with Crippen molar-refractivity contribution < 1.29 is 28.2 Å². The van der Waals surface area contributed by atoms with Crippen molar-refractivity contribution in [3.63, 3.8) is 0 Å². The summed E-state index contributed by atoms with van der Waals surface area (Å²) in [6.07, 6.45) is 4.16. The number of rotatable bonds is 16. The van der Waals surface area contributed by atoms with Gasteiger partial charge in [0, 0.05) is 13.2 Å². The SMILES string of the molecule is COCO[C@@H](/C(C)=C/CCC[C@@H](C)O[Si](c1ccccc1)(c1ccccc1)C(C)(C)C)[C@@H](C)C(=O)N1C(=O)OC[C@H]1Cc1ccccc1. The molecule has 1 fully saturated rings. The Morgan fingerprint density at radius 1 is 0.958 bits per heavy atom. The molecule has 48 heavy (non-hydrogen) atoms. The molecule has 3 aromatic carbocycles. The predicted octanol–water partition coefficient (Wildman–Crippen LogP) is 7.28. The highest BCUT2D eigenvalue weighted by atomic mass is 28.4. The summed E-state index contributed by atoms with van der Waals surface area (Å²) in [4.78, 5) is 27.8. The van der Waals surface area contributed by atoms with Crippen LogP contribution in [0.15, 0.2) is 103 Å². The molecule has 8 heteroatoms. The second-order valence-electron chi connectivity index (χ2n) is 13.9. The van der Waals surface area contributed by atoms with Gasteiger partial charge in [0.15, 0.2) is 0 Å². The lowest BCUT2D eigenvalue weighted by atomic mass is 9.94. The Kier molecular flexibility index (Phi) is 13.4. The van der Waals surface area contributed by atoms with Crippen LogP contribution in [0.25, 0.3) is 0 Å². The van der Waals surface area contributed by atoms with Gasteiger partial charge in [0.05, 0.1) is 18.1 Å². The van der Waals surface area contributed by atoms with Crippen molar-refractivity contribution in [2.45, 2.75) is 90.5 Å². The van der Waals surface area contributed by atoms with E-state index in [9.17, 15) is 9.59 Å². The lowest BCUT2D eigenvalue weighted by Gasteiger charge is -2.44. The maximum atomic E-state index is 13.8. The number of carbonyl (C=O) groups is 2. The summed E-state index contributed by atoms with van der Waals surface area (Å²) in [6, 6.07) is 30.9. The summed E-state index contributed by atoms with van der Waals surface area (Å²) in [5, 5.41) is 2.46. The maximum Gasteiger partial charge on any atom is 0.416 e. The van der Waals surface area contributed by atoms with E-state index in [1.54, 1.807) is 7.11 Å². The summed E-state index contributed by atoms with van der Waals surface area (Å²) >= 11 is 0. The number of ether oxygens (including phenoxy) is 3. The van der Waals surface area contributed by atoms with Crippen molar-refractivity contribution in [3.8, 4) is 0 Å². The molecule has 1 aliphatic heterocycles. The average Bonchev–Trinajstić information content (AvgIpc) is 3.45. The van der Waals surface area contributed by atoms with Crippen LogP contribution in [-0.2, 0) is 29.9 Å². The van der Waals surface area contributed by atoms with Crippen molar-refractivity contribution in [1.29, 1.82) is 0 Å². The molecule has 7 nitrogen and oxygen atoms in total. The highest BCUT2D eigenvalue weighted by Gasteiger charge is 2.51. The Labute approximate surface area is 288 Å². The van der Waals surface area contributed by atoms with Crippen LogP contribution in [0.2, 0.25) is 5.04 Å². The molecule has 258 valence electrons. The van der Waals surface area contributed by atoms with Crippen LogP contribution in [0.4, 0.5) is 4.79 Å². The van der Waals surface area contributed by atoms with Gasteiger partial charge >= 0.3 is 6.09 Å². The van der Waals surface area contributed by atoms with Gasteiger partial charge in [-0.25, -0.2) is 9.69 Å². The van der Waals surface area contributed by atoms with Gasteiger partial charge in [0.25, 0.3) is 8.32 Å². The summed E-state index contributed by atoms with van der Waals surface area (Å²) in [5.74, 6) is -0.919. The Hall–Kier alpha value is -3.56. The number of unbranched alkanes of at least 4 members (excludes halogenated alkanes) is 1. The summed E-state index contributed by atoms with van der Waals surface area (Å²) in [6.45, 7) is 13.1. The molecule has 0 aromatic heterocycles. The highest BCUT2D eigenvalue weighted by molar-refractivity contribution is 6.99. The summed E-state index contributed by atoms with van der Waals surface area (Å²) in [7, 11) is -1.07. The number of methoxy groups -OCH3 is 1. The fourth-order valence-electron chi connectivity index (χ4n) is 6.83. The van der Waals surface area contributed by atoms with Gasteiger partial charge in [-0.05, 0) is 66.1 Å². The van der Waals surface area contributed by atoms with Crippen LogP contribution >= 0.6 is 0 Å². The molecule has 0 radical (unpaired) electrons. The Bertz CT molecular complexity index is 1430. The lowest BCUT2D eigenvalue weighted by Crippen LogP contribution is -2.67. The van der Waals surface area contributed by atoms with Gasteiger partial charge in [0.1, 0.15) is 13.4 Å². The largest absolute Gasteiger partial charge is 0.447 e. The number of hydrogen-bond donors (Lipinski definition) is 0. The van der Waals surface area contributed by atoms with Crippen LogP contribution in [0.3, 0.4) is 0 Å². The zero-order valence-corrected chi connectivity index (χ0v) is 30.7. The maximum absolute atomic E-state index is 13.8. The molecule has 0 saturated carbocycles. The molecule has 1 aliphatic rings. The number of hydrogen-bond acceptors (Lipinski definition) is 6. The molecule has 1 heterocycles. The van der Waals surface area contributed by atoms with E-state index in [2.05, 4.69) is 94.4 Å². The lowest BCUT2D eigenvalue weighted by molar-refractivity contribution is -0.141. The Morgan fingerprint density at radius 3 is 2.06 bits per heavy atom. The number of carbonyl (C=O) groups excluding carboxylic acids is 2. The third-order valence-corrected chi connectivity index (χ3v) is 14.4. The molecule has 4 atom stereocenters. The monoisotopic (exact) mass is 671 g/mol. The topological polar surface area (TPSA) is 74.3 Å². The summed E-state index contributed by atoms with van der Waals surface area (Å²) < 4.78 is 23.9. The molecule has 0 N–H and O–H groups in total. The van der Waals surface area contributed by atoms with Crippen LogP contribution in [0, 0.1) is 5.92 Å². The number of amides is 2. The molecular formula is C40H53NO6Si. The first kappa shape index (κ1) is 37.3. The van der Waals surface area contributed by atoms with Crippen LogP contribution in [0.5, 0.6) is 0 Å². The molecule has 2 amide bonds. The predicted molar refractivity (Wildman–Crippen MR) is 194 cm³/mol. The standard InChI is InChI=1S/C40H53NO6Si/c1-30(37(46-29-44-7)32(3)38(42)41-34(28-45-39(41)43)27-33-21-11-8-12-22-33)19-17-18-20-31(2)47-48(40(4,5)6,35-23-13-9-14-24-35)36-25-15-10-16-26-36/h8-16,19,21-26,31-32,34,37H,17-18,20,27-29H2,1-7H3/b30-19+/t31-,32-,34-,37+/m1/s1. The fourth-order valence-corrected chi connectivity index (χ4v) is 11.6.